The SMILES string of the molecule is COCC(O)CCNCc1cc(Cl)cc2cccnc12. The summed E-state index contributed by atoms with van der Waals surface area (Å²) in [6, 6.07) is 7.74. The van der Waals surface area contributed by atoms with Crippen molar-refractivity contribution < 1.29 is 9.84 Å². The number of methoxy groups -OCH3 is 1. The normalized spacial score (nSPS) is 12.8. The Morgan fingerprint density at radius 1 is 1.45 bits per heavy atom. The molecule has 1 aromatic heterocycles. The van der Waals surface area contributed by atoms with Gasteiger partial charge in [-0.1, -0.05) is 17.7 Å². The Morgan fingerprint density at radius 2 is 2.30 bits per heavy atom. The lowest BCUT2D eigenvalue weighted by Gasteiger charge is -2.11. The van der Waals surface area contributed by atoms with Crippen LogP contribution in [0.2, 0.25) is 5.02 Å². The van der Waals surface area contributed by atoms with Crippen LogP contribution in [0.25, 0.3) is 10.9 Å². The molecule has 2 aromatic rings. The Labute approximate surface area is 123 Å². The van der Waals surface area contributed by atoms with Crippen LogP contribution < -0.4 is 5.32 Å². The quantitative estimate of drug-likeness (QED) is 0.770. The van der Waals surface area contributed by atoms with E-state index >= 15 is 0 Å². The van der Waals surface area contributed by atoms with Gasteiger partial charge in [0.2, 0.25) is 0 Å². The van der Waals surface area contributed by atoms with Crippen LogP contribution >= 0.6 is 11.6 Å². The maximum atomic E-state index is 9.56. The lowest BCUT2D eigenvalue weighted by Crippen LogP contribution is -2.23. The number of rotatable bonds is 7. The summed E-state index contributed by atoms with van der Waals surface area (Å²) in [5, 5.41) is 14.6. The van der Waals surface area contributed by atoms with Crippen LogP contribution in [-0.2, 0) is 11.3 Å². The van der Waals surface area contributed by atoms with Crippen molar-refractivity contribution in [1.29, 1.82) is 0 Å². The molecule has 1 heterocycles. The predicted octanol–water partition coefficient (Wildman–Crippen LogP) is 2.38. The zero-order valence-electron chi connectivity index (χ0n) is 11.5. The number of aliphatic hydroxyl groups is 1. The van der Waals surface area contributed by atoms with Crippen LogP contribution in [0, 0.1) is 0 Å². The molecule has 1 unspecified atom stereocenters. The number of nitrogens with zero attached hydrogens (tertiary/aromatic N) is 1. The first-order valence-corrected chi connectivity index (χ1v) is 6.99. The molecule has 2 rings (SSSR count). The molecule has 0 spiro atoms. The molecule has 1 aromatic carbocycles. The van der Waals surface area contributed by atoms with Crippen LogP contribution in [0.3, 0.4) is 0 Å². The maximum absolute atomic E-state index is 9.56. The number of benzene rings is 1. The number of ether oxygens (including phenoxy) is 1. The first-order valence-electron chi connectivity index (χ1n) is 6.61. The molecular weight excluding hydrogens is 276 g/mol. The molecule has 4 nitrogen and oxygen atoms in total. The van der Waals surface area contributed by atoms with E-state index in [4.69, 9.17) is 16.3 Å². The van der Waals surface area contributed by atoms with Crippen LogP contribution in [0.5, 0.6) is 0 Å². The summed E-state index contributed by atoms with van der Waals surface area (Å²) < 4.78 is 4.89. The van der Waals surface area contributed by atoms with Gasteiger partial charge in [0.15, 0.2) is 0 Å². The minimum Gasteiger partial charge on any atom is -0.391 e. The number of aliphatic hydroxyl groups excluding tert-OH is 1. The molecule has 0 fully saturated rings. The lowest BCUT2D eigenvalue weighted by atomic mass is 10.1. The highest BCUT2D eigenvalue weighted by molar-refractivity contribution is 6.31. The molecule has 108 valence electrons. The second-order valence-corrected chi connectivity index (χ2v) is 5.15. The van der Waals surface area contributed by atoms with Gasteiger partial charge >= 0.3 is 0 Å². The summed E-state index contributed by atoms with van der Waals surface area (Å²) in [6.45, 7) is 1.75. The Hall–Kier alpha value is -1.20. The molecule has 0 saturated heterocycles. The van der Waals surface area contributed by atoms with Crippen LogP contribution in [0.4, 0.5) is 0 Å². The number of halogens is 1. The van der Waals surface area contributed by atoms with Gasteiger partial charge in [-0.25, -0.2) is 0 Å². The Kier molecular flexibility index (Phi) is 5.73. The molecule has 5 heteroatoms. The monoisotopic (exact) mass is 294 g/mol. The predicted molar refractivity (Wildman–Crippen MR) is 81.0 cm³/mol. The van der Waals surface area contributed by atoms with Crippen molar-refractivity contribution in [2.75, 3.05) is 20.3 Å². The molecule has 20 heavy (non-hydrogen) atoms. The average molecular weight is 295 g/mol. The summed E-state index contributed by atoms with van der Waals surface area (Å²) >= 11 is 6.12. The number of pyridine rings is 1. The van der Waals surface area contributed by atoms with Gasteiger partial charge in [-0.3, -0.25) is 4.98 Å². The number of fused-ring (bicyclic) bond motifs is 1. The minimum absolute atomic E-state index is 0.364. The van der Waals surface area contributed by atoms with Crippen molar-refractivity contribution >= 4 is 22.5 Å². The van der Waals surface area contributed by atoms with Gasteiger partial charge in [0.05, 0.1) is 18.2 Å². The highest BCUT2D eigenvalue weighted by Gasteiger charge is 2.06. The highest BCUT2D eigenvalue weighted by atomic mass is 35.5. The summed E-state index contributed by atoms with van der Waals surface area (Å²) in [4.78, 5) is 4.40. The summed E-state index contributed by atoms with van der Waals surface area (Å²) in [5.74, 6) is 0. The van der Waals surface area contributed by atoms with E-state index in [0.29, 0.717) is 31.1 Å². The van der Waals surface area contributed by atoms with Gasteiger partial charge < -0.3 is 15.2 Å². The molecule has 0 bridgehead atoms. The van der Waals surface area contributed by atoms with Crippen molar-refractivity contribution in [3.63, 3.8) is 0 Å². The van der Waals surface area contributed by atoms with E-state index in [1.165, 1.54) is 0 Å². The third kappa shape index (κ3) is 4.15. The van der Waals surface area contributed by atoms with E-state index in [-0.39, 0.29) is 0 Å². The number of hydrogen-bond acceptors (Lipinski definition) is 4. The first kappa shape index (κ1) is 15.2. The fourth-order valence-electron chi connectivity index (χ4n) is 2.13. The molecule has 1 atom stereocenters. The second-order valence-electron chi connectivity index (χ2n) is 4.71. The summed E-state index contributed by atoms with van der Waals surface area (Å²) in [7, 11) is 1.58. The van der Waals surface area contributed by atoms with Crippen molar-refractivity contribution in [3.05, 3.63) is 41.0 Å². The van der Waals surface area contributed by atoms with E-state index in [1.54, 1.807) is 13.3 Å². The summed E-state index contributed by atoms with van der Waals surface area (Å²) in [6.07, 6.45) is 2.00. The smallest absolute Gasteiger partial charge is 0.0785 e. The Morgan fingerprint density at radius 3 is 3.10 bits per heavy atom. The van der Waals surface area contributed by atoms with E-state index in [1.807, 2.05) is 24.3 Å². The van der Waals surface area contributed by atoms with Crippen LogP contribution in [-0.4, -0.2) is 36.5 Å². The van der Waals surface area contributed by atoms with Crippen molar-refractivity contribution in [2.45, 2.75) is 19.1 Å². The number of hydrogen-bond donors (Lipinski definition) is 2. The highest BCUT2D eigenvalue weighted by Crippen LogP contribution is 2.22. The van der Waals surface area contributed by atoms with E-state index in [2.05, 4.69) is 10.3 Å². The number of nitrogens with one attached hydrogen (secondary N) is 1. The topological polar surface area (TPSA) is 54.4 Å². The molecular formula is C15H19ClN2O2. The molecule has 0 saturated carbocycles. The van der Waals surface area contributed by atoms with Gasteiger partial charge in [-0.15, -0.1) is 0 Å². The van der Waals surface area contributed by atoms with E-state index in [0.717, 1.165) is 16.5 Å². The first-order chi connectivity index (χ1) is 9.70. The zero-order valence-corrected chi connectivity index (χ0v) is 12.2. The standard InChI is InChI=1S/C15H19ClN2O2/c1-20-10-14(19)4-6-17-9-12-8-13(16)7-11-3-2-5-18-15(11)12/h2-3,5,7-8,14,17,19H,4,6,9-10H2,1H3. The van der Waals surface area contributed by atoms with Crippen molar-refractivity contribution in [3.8, 4) is 0 Å². The second kappa shape index (κ2) is 7.55. The zero-order chi connectivity index (χ0) is 14.4. The maximum Gasteiger partial charge on any atom is 0.0785 e. The molecule has 0 amide bonds. The summed E-state index contributed by atoms with van der Waals surface area (Å²) in [5.41, 5.74) is 2.02. The van der Waals surface area contributed by atoms with E-state index in [9.17, 15) is 5.11 Å². The van der Waals surface area contributed by atoms with Gasteiger partial charge in [0.25, 0.3) is 0 Å². The fraction of sp³-hybridized carbons (Fsp3) is 0.400. The average Bonchev–Trinajstić information content (AvgIpc) is 2.43. The molecule has 0 radical (unpaired) electrons. The third-order valence-corrected chi connectivity index (χ3v) is 3.30. The minimum atomic E-state index is -0.429. The van der Waals surface area contributed by atoms with Gasteiger partial charge in [-0.2, -0.15) is 0 Å². The van der Waals surface area contributed by atoms with Gasteiger partial charge in [-0.05, 0) is 36.7 Å². The van der Waals surface area contributed by atoms with E-state index < -0.39 is 6.10 Å². The van der Waals surface area contributed by atoms with Crippen molar-refractivity contribution in [2.24, 2.45) is 0 Å². The fourth-order valence-corrected chi connectivity index (χ4v) is 2.38. The molecule has 0 aliphatic heterocycles. The molecule has 2 N–H and O–H groups in total. The molecule has 0 aliphatic carbocycles. The number of aromatic nitrogens is 1. The van der Waals surface area contributed by atoms with Gasteiger partial charge in [0, 0.05) is 30.3 Å². The Balaban J connectivity index is 1.96. The van der Waals surface area contributed by atoms with Crippen LogP contribution in [0.1, 0.15) is 12.0 Å². The third-order valence-electron chi connectivity index (χ3n) is 3.08. The lowest BCUT2D eigenvalue weighted by molar-refractivity contribution is 0.0594. The van der Waals surface area contributed by atoms with Crippen LogP contribution in [0.15, 0.2) is 30.5 Å². The largest absolute Gasteiger partial charge is 0.391 e. The Bertz CT molecular complexity index is 563. The molecule has 0 aliphatic rings. The van der Waals surface area contributed by atoms with Crippen molar-refractivity contribution in [1.82, 2.24) is 10.3 Å². The van der Waals surface area contributed by atoms with Gasteiger partial charge in [0.1, 0.15) is 0 Å².